The molecule has 1 heterocycles. The fraction of sp³-hybridized carbons (Fsp3) is 0.222. The number of halogens is 2. The Kier molecular flexibility index (Phi) is 7.95. The predicted octanol–water partition coefficient (Wildman–Crippen LogP) is 5.22. The maximum atomic E-state index is 13.1. The second-order valence-electron chi connectivity index (χ2n) is 8.07. The van der Waals surface area contributed by atoms with E-state index in [1.807, 2.05) is 48.5 Å². The van der Waals surface area contributed by atoms with Gasteiger partial charge in [-0.05, 0) is 52.6 Å². The molecule has 2 N–H and O–H groups in total. The van der Waals surface area contributed by atoms with Crippen LogP contribution in [0.3, 0.4) is 0 Å². The summed E-state index contributed by atoms with van der Waals surface area (Å²) < 4.78 is 25.0. The third-order valence-electron chi connectivity index (χ3n) is 5.59. The van der Waals surface area contributed by atoms with Crippen LogP contribution in [0.15, 0.2) is 84.6 Å². The fourth-order valence-electron chi connectivity index (χ4n) is 3.66. The fourth-order valence-corrected chi connectivity index (χ4v) is 3.79. The molecule has 5 nitrogen and oxygen atoms in total. The SMILES string of the molecule is O=C(NCc1ccc(F)cc1)C1=C[C@@H](c2ccc(Cl)cc2)C[C@@H](OCc2ccc(CO)cc2)O1. The van der Waals surface area contributed by atoms with Crippen LogP contribution >= 0.6 is 11.6 Å². The minimum absolute atomic E-state index is 0.0170. The van der Waals surface area contributed by atoms with Gasteiger partial charge in [0.15, 0.2) is 5.76 Å². The average molecular weight is 482 g/mol. The molecule has 0 unspecified atom stereocenters. The van der Waals surface area contributed by atoms with Crippen LogP contribution in [0.2, 0.25) is 5.02 Å². The van der Waals surface area contributed by atoms with Gasteiger partial charge in [-0.3, -0.25) is 4.79 Å². The molecule has 0 radical (unpaired) electrons. The van der Waals surface area contributed by atoms with E-state index in [2.05, 4.69) is 5.32 Å². The Morgan fingerprint density at radius 2 is 1.65 bits per heavy atom. The number of amides is 1. The number of hydrogen-bond acceptors (Lipinski definition) is 4. The number of nitrogens with one attached hydrogen (secondary N) is 1. The summed E-state index contributed by atoms with van der Waals surface area (Å²) in [7, 11) is 0. The maximum Gasteiger partial charge on any atom is 0.286 e. The van der Waals surface area contributed by atoms with E-state index in [0.29, 0.717) is 18.1 Å². The molecule has 0 aliphatic carbocycles. The van der Waals surface area contributed by atoms with Gasteiger partial charge in [0.2, 0.25) is 6.29 Å². The van der Waals surface area contributed by atoms with Gasteiger partial charge in [-0.1, -0.05) is 60.1 Å². The highest BCUT2D eigenvalue weighted by atomic mass is 35.5. The number of carbonyl (C=O) groups is 1. The number of allylic oxidation sites excluding steroid dienone is 1. The maximum absolute atomic E-state index is 13.1. The third kappa shape index (κ3) is 6.44. The van der Waals surface area contributed by atoms with Gasteiger partial charge in [-0.25, -0.2) is 4.39 Å². The van der Waals surface area contributed by atoms with Gasteiger partial charge in [-0.15, -0.1) is 0 Å². The summed E-state index contributed by atoms with van der Waals surface area (Å²) in [6, 6.07) is 20.9. The zero-order valence-electron chi connectivity index (χ0n) is 18.4. The molecule has 0 spiro atoms. The van der Waals surface area contributed by atoms with Gasteiger partial charge in [-0.2, -0.15) is 0 Å². The quantitative estimate of drug-likeness (QED) is 0.463. The average Bonchev–Trinajstić information content (AvgIpc) is 2.87. The second kappa shape index (κ2) is 11.3. The number of aliphatic hydroxyl groups is 1. The highest BCUT2D eigenvalue weighted by Gasteiger charge is 2.28. The van der Waals surface area contributed by atoms with Crippen LogP contribution in [-0.2, 0) is 34.0 Å². The van der Waals surface area contributed by atoms with E-state index >= 15 is 0 Å². The van der Waals surface area contributed by atoms with E-state index in [0.717, 1.165) is 22.3 Å². The summed E-state index contributed by atoms with van der Waals surface area (Å²) in [6.07, 6.45) is 1.69. The van der Waals surface area contributed by atoms with E-state index in [1.54, 1.807) is 18.2 Å². The van der Waals surface area contributed by atoms with Gasteiger partial charge >= 0.3 is 0 Å². The van der Waals surface area contributed by atoms with Crippen molar-refractivity contribution in [2.45, 2.75) is 38.4 Å². The molecule has 0 saturated heterocycles. The molecule has 1 aliphatic rings. The lowest BCUT2D eigenvalue weighted by atomic mass is 9.93. The summed E-state index contributed by atoms with van der Waals surface area (Å²) >= 11 is 6.04. The van der Waals surface area contributed by atoms with Crippen molar-refractivity contribution >= 4 is 17.5 Å². The molecule has 2 atom stereocenters. The van der Waals surface area contributed by atoms with E-state index in [9.17, 15) is 14.3 Å². The van der Waals surface area contributed by atoms with Crippen molar-refractivity contribution in [3.05, 3.63) is 118 Å². The first-order chi connectivity index (χ1) is 16.5. The molecule has 0 saturated carbocycles. The Hall–Kier alpha value is -3.19. The van der Waals surface area contributed by atoms with Crippen LogP contribution in [0.1, 0.15) is 34.6 Å². The second-order valence-corrected chi connectivity index (χ2v) is 8.50. The summed E-state index contributed by atoms with van der Waals surface area (Å²) in [5.74, 6) is -0.623. The van der Waals surface area contributed by atoms with Crippen molar-refractivity contribution < 1.29 is 23.8 Å². The molecule has 0 bridgehead atoms. The third-order valence-corrected chi connectivity index (χ3v) is 5.84. The molecule has 4 rings (SSSR count). The first kappa shape index (κ1) is 24.0. The minimum Gasteiger partial charge on any atom is -0.459 e. The molecule has 0 fully saturated rings. The number of benzene rings is 3. The number of aliphatic hydroxyl groups excluding tert-OH is 1. The molecule has 176 valence electrons. The Bertz CT molecular complexity index is 1130. The zero-order valence-corrected chi connectivity index (χ0v) is 19.2. The number of ether oxygens (including phenoxy) is 2. The topological polar surface area (TPSA) is 67.8 Å². The molecular weight excluding hydrogens is 457 g/mol. The highest BCUT2D eigenvalue weighted by molar-refractivity contribution is 6.30. The lowest BCUT2D eigenvalue weighted by Crippen LogP contribution is -2.32. The van der Waals surface area contributed by atoms with E-state index in [4.69, 9.17) is 21.1 Å². The van der Waals surface area contributed by atoms with Gasteiger partial charge in [0.05, 0.1) is 13.2 Å². The van der Waals surface area contributed by atoms with Gasteiger partial charge < -0.3 is 19.9 Å². The molecular formula is C27H25ClFNO4. The van der Waals surface area contributed by atoms with Crippen molar-refractivity contribution in [1.82, 2.24) is 5.32 Å². The van der Waals surface area contributed by atoms with Crippen molar-refractivity contribution in [1.29, 1.82) is 0 Å². The highest BCUT2D eigenvalue weighted by Crippen LogP contribution is 2.32. The van der Waals surface area contributed by atoms with E-state index in [1.165, 1.54) is 12.1 Å². The predicted molar refractivity (Wildman–Crippen MR) is 127 cm³/mol. The molecule has 7 heteroatoms. The van der Waals surface area contributed by atoms with E-state index < -0.39 is 6.29 Å². The van der Waals surface area contributed by atoms with Crippen LogP contribution < -0.4 is 5.32 Å². The number of hydrogen-bond donors (Lipinski definition) is 2. The Morgan fingerprint density at radius 1 is 1.00 bits per heavy atom. The lowest BCUT2D eigenvalue weighted by molar-refractivity contribution is -0.150. The van der Waals surface area contributed by atoms with Crippen LogP contribution in [0, 0.1) is 5.82 Å². The van der Waals surface area contributed by atoms with Gasteiger partial charge in [0.1, 0.15) is 5.82 Å². The standard InChI is InChI=1S/C27H25ClFNO4/c28-23-9-7-21(8-10-23)22-13-25(27(32)30-15-18-5-11-24(29)12-6-18)34-26(14-22)33-17-20-3-1-19(16-31)2-4-20/h1-13,22,26,31H,14-17H2,(H,30,32)/t22-,26+/m1/s1. The summed E-state index contributed by atoms with van der Waals surface area (Å²) in [6.45, 7) is 0.527. The first-order valence-electron chi connectivity index (χ1n) is 11.0. The van der Waals surface area contributed by atoms with Crippen LogP contribution in [-0.4, -0.2) is 17.3 Å². The first-order valence-corrected chi connectivity index (χ1v) is 11.3. The summed E-state index contributed by atoms with van der Waals surface area (Å²) in [4.78, 5) is 12.9. The van der Waals surface area contributed by atoms with Crippen LogP contribution in [0.5, 0.6) is 0 Å². The summed E-state index contributed by atoms with van der Waals surface area (Å²) in [5.41, 5.74) is 3.53. The van der Waals surface area contributed by atoms with Gasteiger partial charge in [0.25, 0.3) is 5.91 Å². The Balaban J connectivity index is 1.46. The van der Waals surface area contributed by atoms with Crippen molar-refractivity contribution in [3.8, 4) is 0 Å². The molecule has 1 aliphatic heterocycles. The minimum atomic E-state index is -0.630. The molecule has 34 heavy (non-hydrogen) atoms. The van der Waals surface area contributed by atoms with Crippen molar-refractivity contribution in [2.75, 3.05) is 0 Å². The Labute approximate surface area is 202 Å². The molecule has 3 aromatic carbocycles. The Morgan fingerprint density at radius 3 is 2.32 bits per heavy atom. The van der Waals surface area contributed by atoms with Crippen molar-refractivity contribution in [3.63, 3.8) is 0 Å². The smallest absolute Gasteiger partial charge is 0.286 e. The van der Waals surface area contributed by atoms with Crippen LogP contribution in [0.4, 0.5) is 4.39 Å². The summed E-state index contributed by atoms with van der Waals surface area (Å²) in [5, 5.41) is 12.7. The lowest BCUT2D eigenvalue weighted by Gasteiger charge is -2.29. The normalized spacial score (nSPS) is 17.6. The number of rotatable bonds is 8. The molecule has 1 amide bonds. The number of carbonyl (C=O) groups excluding carboxylic acids is 1. The zero-order chi connectivity index (χ0) is 23.9. The molecule has 3 aromatic rings. The van der Waals surface area contributed by atoms with Gasteiger partial charge in [0, 0.05) is 23.9 Å². The molecule has 0 aromatic heterocycles. The van der Waals surface area contributed by atoms with Crippen molar-refractivity contribution in [2.24, 2.45) is 0 Å². The monoisotopic (exact) mass is 481 g/mol. The largest absolute Gasteiger partial charge is 0.459 e. The van der Waals surface area contributed by atoms with E-state index in [-0.39, 0.29) is 36.6 Å². The van der Waals surface area contributed by atoms with Crippen LogP contribution in [0.25, 0.3) is 0 Å².